The molecule has 0 saturated carbocycles. The predicted molar refractivity (Wildman–Crippen MR) is 65.1 cm³/mol. The maximum absolute atomic E-state index is 4.32. The first-order valence-corrected chi connectivity index (χ1v) is 6.03. The van der Waals surface area contributed by atoms with Crippen LogP contribution in [0.5, 0.6) is 0 Å². The topological polar surface area (TPSA) is 50.7 Å². The molecule has 0 spiro atoms. The van der Waals surface area contributed by atoms with Crippen LogP contribution in [0.3, 0.4) is 0 Å². The van der Waals surface area contributed by atoms with Crippen molar-refractivity contribution in [3.8, 4) is 10.8 Å². The minimum absolute atomic E-state index is 0.485. The Morgan fingerprint density at radius 1 is 1.25 bits per heavy atom. The van der Waals surface area contributed by atoms with Crippen molar-refractivity contribution < 1.29 is 0 Å². The molecule has 84 valence electrons. The van der Waals surface area contributed by atoms with Crippen LogP contribution in [-0.2, 0) is 6.54 Å². The van der Waals surface area contributed by atoms with Crippen LogP contribution >= 0.6 is 11.3 Å². The Bertz CT molecular complexity index is 438. The second kappa shape index (κ2) is 5.14. The van der Waals surface area contributed by atoms with Crippen LogP contribution < -0.4 is 5.32 Å². The maximum Gasteiger partial charge on any atom is 0.188 e. The molecule has 0 radical (unpaired) electrons. The summed E-state index contributed by atoms with van der Waals surface area (Å²) in [5.41, 5.74) is 0. The Kier molecular flexibility index (Phi) is 3.58. The second-order valence-electron chi connectivity index (χ2n) is 3.74. The summed E-state index contributed by atoms with van der Waals surface area (Å²) in [4.78, 5) is 13.9. The molecule has 2 rings (SSSR count). The van der Waals surface area contributed by atoms with Crippen molar-refractivity contribution in [3.05, 3.63) is 29.5 Å². The van der Waals surface area contributed by atoms with Crippen LogP contribution in [0.2, 0.25) is 0 Å². The number of nitrogens with one attached hydrogen (secondary N) is 1. The first kappa shape index (κ1) is 11.2. The molecule has 0 fully saturated rings. The zero-order valence-corrected chi connectivity index (χ0v) is 10.2. The van der Waals surface area contributed by atoms with Gasteiger partial charge >= 0.3 is 0 Å². The molecule has 0 aliphatic carbocycles. The highest BCUT2D eigenvalue weighted by molar-refractivity contribution is 7.14. The number of aromatic nitrogens is 3. The SMILES string of the molecule is CC(C)NCc1cnc(-c2ncccn2)s1. The monoisotopic (exact) mass is 234 g/mol. The molecule has 5 heteroatoms. The fourth-order valence-corrected chi connectivity index (χ4v) is 2.02. The van der Waals surface area contributed by atoms with Crippen molar-refractivity contribution >= 4 is 11.3 Å². The van der Waals surface area contributed by atoms with E-state index in [1.807, 2.05) is 6.20 Å². The third kappa shape index (κ3) is 2.84. The number of thiazole rings is 1. The average Bonchev–Trinajstić information content (AvgIpc) is 2.76. The first-order valence-electron chi connectivity index (χ1n) is 5.21. The fraction of sp³-hybridized carbons (Fsp3) is 0.364. The van der Waals surface area contributed by atoms with Gasteiger partial charge in [0.2, 0.25) is 0 Å². The summed E-state index contributed by atoms with van der Waals surface area (Å²) in [7, 11) is 0. The van der Waals surface area contributed by atoms with E-state index in [9.17, 15) is 0 Å². The zero-order chi connectivity index (χ0) is 11.4. The Labute approximate surface area is 98.8 Å². The van der Waals surface area contributed by atoms with Crippen LogP contribution in [-0.4, -0.2) is 21.0 Å². The van der Waals surface area contributed by atoms with Crippen LogP contribution in [0.1, 0.15) is 18.7 Å². The molecule has 1 N–H and O–H groups in total. The van der Waals surface area contributed by atoms with E-state index in [2.05, 4.69) is 34.1 Å². The second-order valence-corrected chi connectivity index (χ2v) is 4.85. The highest BCUT2D eigenvalue weighted by atomic mass is 32.1. The van der Waals surface area contributed by atoms with E-state index >= 15 is 0 Å². The van der Waals surface area contributed by atoms with Gasteiger partial charge in [-0.1, -0.05) is 13.8 Å². The van der Waals surface area contributed by atoms with E-state index in [1.54, 1.807) is 29.8 Å². The van der Waals surface area contributed by atoms with Gasteiger partial charge in [0.25, 0.3) is 0 Å². The minimum atomic E-state index is 0.485. The third-order valence-corrected chi connectivity index (χ3v) is 2.99. The summed E-state index contributed by atoms with van der Waals surface area (Å²) in [6, 6.07) is 2.29. The lowest BCUT2D eigenvalue weighted by molar-refractivity contribution is 0.593. The van der Waals surface area contributed by atoms with Gasteiger partial charge in [0.05, 0.1) is 0 Å². The van der Waals surface area contributed by atoms with E-state index < -0.39 is 0 Å². The molecule has 2 aromatic heterocycles. The summed E-state index contributed by atoms with van der Waals surface area (Å²) < 4.78 is 0. The molecule has 0 aromatic carbocycles. The average molecular weight is 234 g/mol. The molecule has 0 unspecified atom stereocenters. The van der Waals surface area contributed by atoms with Gasteiger partial charge in [0.15, 0.2) is 10.8 Å². The number of hydrogen-bond donors (Lipinski definition) is 1. The fourth-order valence-electron chi connectivity index (χ4n) is 1.21. The predicted octanol–water partition coefficient (Wildman–Crippen LogP) is 2.10. The Balaban J connectivity index is 2.08. The van der Waals surface area contributed by atoms with Gasteiger partial charge in [-0.25, -0.2) is 15.0 Å². The molecular weight excluding hydrogens is 220 g/mol. The van der Waals surface area contributed by atoms with Crippen molar-refractivity contribution in [2.24, 2.45) is 0 Å². The van der Waals surface area contributed by atoms with Gasteiger partial charge in [-0.2, -0.15) is 0 Å². The Morgan fingerprint density at radius 3 is 2.69 bits per heavy atom. The van der Waals surface area contributed by atoms with Gasteiger partial charge in [0.1, 0.15) is 0 Å². The van der Waals surface area contributed by atoms with E-state index in [1.165, 1.54) is 4.88 Å². The molecule has 16 heavy (non-hydrogen) atoms. The highest BCUT2D eigenvalue weighted by Crippen LogP contribution is 2.21. The molecule has 0 aliphatic rings. The summed E-state index contributed by atoms with van der Waals surface area (Å²) in [5, 5.41) is 4.23. The number of rotatable bonds is 4. The van der Waals surface area contributed by atoms with Crippen LogP contribution in [0.15, 0.2) is 24.7 Å². The van der Waals surface area contributed by atoms with Crippen LogP contribution in [0.25, 0.3) is 10.8 Å². The number of nitrogens with zero attached hydrogens (tertiary/aromatic N) is 3. The van der Waals surface area contributed by atoms with E-state index in [-0.39, 0.29) is 0 Å². The van der Waals surface area contributed by atoms with Crippen LogP contribution in [0, 0.1) is 0 Å². The normalized spacial score (nSPS) is 10.9. The maximum atomic E-state index is 4.32. The van der Waals surface area contributed by atoms with E-state index in [4.69, 9.17) is 0 Å². The van der Waals surface area contributed by atoms with Gasteiger partial charge in [-0.05, 0) is 6.07 Å². The van der Waals surface area contributed by atoms with Crippen molar-refractivity contribution in [2.75, 3.05) is 0 Å². The molecule has 0 bridgehead atoms. The van der Waals surface area contributed by atoms with E-state index in [0.717, 1.165) is 11.6 Å². The third-order valence-electron chi connectivity index (χ3n) is 2.00. The molecule has 0 aliphatic heterocycles. The summed E-state index contributed by atoms with van der Waals surface area (Å²) in [6.45, 7) is 5.10. The Hall–Kier alpha value is -1.33. The first-order chi connectivity index (χ1) is 7.75. The largest absolute Gasteiger partial charge is 0.310 e. The molecule has 0 amide bonds. The van der Waals surface area contributed by atoms with Crippen LogP contribution in [0.4, 0.5) is 0 Å². The molecular formula is C11H14N4S. The van der Waals surface area contributed by atoms with Crippen molar-refractivity contribution in [1.29, 1.82) is 0 Å². The quantitative estimate of drug-likeness (QED) is 0.880. The molecule has 0 atom stereocenters. The molecule has 4 nitrogen and oxygen atoms in total. The molecule has 2 heterocycles. The molecule has 2 aromatic rings. The van der Waals surface area contributed by atoms with E-state index in [0.29, 0.717) is 11.9 Å². The van der Waals surface area contributed by atoms with Crippen molar-refractivity contribution in [2.45, 2.75) is 26.4 Å². The van der Waals surface area contributed by atoms with Gasteiger partial charge in [-0.3, -0.25) is 0 Å². The lowest BCUT2D eigenvalue weighted by Gasteiger charge is -2.04. The lowest BCUT2D eigenvalue weighted by Crippen LogP contribution is -2.21. The smallest absolute Gasteiger partial charge is 0.188 e. The zero-order valence-electron chi connectivity index (χ0n) is 9.34. The summed E-state index contributed by atoms with van der Waals surface area (Å²) in [6.07, 6.45) is 5.34. The van der Waals surface area contributed by atoms with Gasteiger partial charge in [-0.15, -0.1) is 11.3 Å². The summed E-state index contributed by atoms with van der Waals surface area (Å²) in [5.74, 6) is 0.697. The number of hydrogen-bond acceptors (Lipinski definition) is 5. The van der Waals surface area contributed by atoms with Gasteiger partial charge < -0.3 is 5.32 Å². The molecule has 0 saturated heterocycles. The lowest BCUT2D eigenvalue weighted by atomic mass is 10.4. The summed E-state index contributed by atoms with van der Waals surface area (Å²) >= 11 is 1.63. The Morgan fingerprint density at radius 2 is 2.00 bits per heavy atom. The van der Waals surface area contributed by atoms with Gasteiger partial charge in [0, 0.05) is 36.1 Å². The van der Waals surface area contributed by atoms with Crippen molar-refractivity contribution in [3.63, 3.8) is 0 Å². The highest BCUT2D eigenvalue weighted by Gasteiger charge is 2.06. The standard InChI is InChI=1S/C11H14N4S/c1-8(2)14-6-9-7-15-11(16-9)10-12-4-3-5-13-10/h3-5,7-8,14H,6H2,1-2H3. The minimum Gasteiger partial charge on any atom is -0.310 e. The van der Waals surface area contributed by atoms with Crippen molar-refractivity contribution in [1.82, 2.24) is 20.3 Å².